The van der Waals surface area contributed by atoms with Crippen molar-refractivity contribution in [2.45, 2.75) is 39.2 Å². The molecule has 0 saturated heterocycles. The first-order valence-corrected chi connectivity index (χ1v) is 7.85. The van der Waals surface area contributed by atoms with E-state index in [4.69, 9.17) is 4.74 Å². The van der Waals surface area contributed by atoms with E-state index < -0.39 is 27.2 Å². The Bertz CT molecular complexity index is 727. The lowest BCUT2D eigenvalue weighted by Gasteiger charge is -2.59. The SMILES string of the molecule is CC1(C)[C@H]2CC[C@H](OC(=O)c3ccc([N+](=O)[O-])cc3[N+](=O)[O-])[C@@H]1C2. The molecule has 24 heavy (non-hydrogen) atoms. The number of carbonyl (C=O) groups excluding carboxylic acids is 1. The molecule has 0 aromatic heterocycles. The van der Waals surface area contributed by atoms with E-state index in [0.29, 0.717) is 5.92 Å². The van der Waals surface area contributed by atoms with Crippen LogP contribution in [0.15, 0.2) is 18.2 Å². The summed E-state index contributed by atoms with van der Waals surface area (Å²) in [6.07, 6.45) is 2.48. The third-order valence-electron chi connectivity index (χ3n) is 5.66. The largest absolute Gasteiger partial charge is 0.458 e. The molecule has 1 aromatic rings. The number of rotatable bonds is 4. The van der Waals surface area contributed by atoms with E-state index in [0.717, 1.165) is 37.5 Å². The second-order valence-corrected chi connectivity index (χ2v) is 7.10. The van der Waals surface area contributed by atoms with Gasteiger partial charge in [0.05, 0.1) is 15.9 Å². The molecule has 8 heteroatoms. The van der Waals surface area contributed by atoms with Gasteiger partial charge >= 0.3 is 5.97 Å². The molecule has 0 heterocycles. The minimum absolute atomic E-state index is 0.116. The topological polar surface area (TPSA) is 113 Å². The average molecular weight is 334 g/mol. The third kappa shape index (κ3) is 2.51. The van der Waals surface area contributed by atoms with E-state index in [1.54, 1.807) is 0 Å². The summed E-state index contributed by atoms with van der Waals surface area (Å²) in [6.45, 7) is 4.31. The van der Waals surface area contributed by atoms with Crippen LogP contribution in [0.25, 0.3) is 0 Å². The van der Waals surface area contributed by atoms with E-state index >= 15 is 0 Å². The minimum atomic E-state index is -0.798. The highest BCUT2D eigenvalue weighted by molar-refractivity contribution is 5.94. The maximum Gasteiger partial charge on any atom is 0.345 e. The lowest BCUT2D eigenvalue weighted by molar-refractivity contribution is -0.394. The quantitative estimate of drug-likeness (QED) is 0.473. The molecule has 3 aliphatic carbocycles. The summed E-state index contributed by atoms with van der Waals surface area (Å²) in [5.74, 6) is 0.117. The molecule has 3 aliphatic rings. The zero-order valence-electron chi connectivity index (χ0n) is 13.4. The van der Waals surface area contributed by atoms with E-state index in [-0.39, 0.29) is 23.0 Å². The van der Waals surface area contributed by atoms with Crippen LogP contribution >= 0.6 is 0 Å². The van der Waals surface area contributed by atoms with Gasteiger partial charge in [0.1, 0.15) is 11.7 Å². The van der Waals surface area contributed by atoms with Crippen molar-refractivity contribution in [3.63, 3.8) is 0 Å². The van der Waals surface area contributed by atoms with Gasteiger partial charge in [-0.2, -0.15) is 0 Å². The Hall–Kier alpha value is -2.51. The molecule has 128 valence electrons. The Morgan fingerprint density at radius 2 is 1.92 bits per heavy atom. The Labute approximate surface area is 138 Å². The zero-order valence-corrected chi connectivity index (χ0v) is 13.4. The van der Waals surface area contributed by atoms with Crippen LogP contribution < -0.4 is 0 Å². The molecule has 8 nitrogen and oxygen atoms in total. The fourth-order valence-corrected chi connectivity index (χ4v) is 4.04. The molecule has 4 rings (SSSR count). The molecule has 0 radical (unpaired) electrons. The van der Waals surface area contributed by atoms with E-state index in [1.807, 2.05) is 0 Å². The number of carbonyl (C=O) groups is 1. The van der Waals surface area contributed by atoms with Gasteiger partial charge in [0, 0.05) is 12.0 Å². The van der Waals surface area contributed by atoms with Crippen molar-refractivity contribution in [3.8, 4) is 0 Å². The molecule has 0 N–H and O–H groups in total. The molecule has 3 saturated carbocycles. The number of hydrogen-bond acceptors (Lipinski definition) is 6. The average Bonchev–Trinajstić information content (AvgIpc) is 2.53. The van der Waals surface area contributed by atoms with Crippen LogP contribution in [0.1, 0.15) is 43.5 Å². The van der Waals surface area contributed by atoms with Gasteiger partial charge in [-0.05, 0) is 36.7 Å². The Balaban J connectivity index is 1.82. The predicted octanol–water partition coefficient (Wildman–Crippen LogP) is 3.48. The summed E-state index contributed by atoms with van der Waals surface area (Å²) in [6, 6.07) is 2.96. The van der Waals surface area contributed by atoms with Crippen molar-refractivity contribution < 1.29 is 19.4 Å². The Morgan fingerprint density at radius 1 is 1.21 bits per heavy atom. The van der Waals surface area contributed by atoms with E-state index in [1.165, 1.54) is 0 Å². The van der Waals surface area contributed by atoms with Gasteiger partial charge in [-0.1, -0.05) is 13.8 Å². The van der Waals surface area contributed by atoms with Crippen LogP contribution in [0.2, 0.25) is 0 Å². The van der Waals surface area contributed by atoms with Gasteiger partial charge in [-0.25, -0.2) is 4.79 Å². The van der Waals surface area contributed by atoms with Gasteiger partial charge in [-0.15, -0.1) is 0 Å². The Morgan fingerprint density at radius 3 is 2.46 bits per heavy atom. The number of non-ortho nitro benzene ring substituents is 1. The summed E-state index contributed by atoms with van der Waals surface area (Å²) in [5.41, 5.74) is -1.16. The number of nitro groups is 2. The van der Waals surface area contributed by atoms with Crippen LogP contribution in [-0.2, 0) is 4.74 Å². The van der Waals surface area contributed by atoms with Crippen LogP contribution in [0, 0.1) is 37.5 Å². The number of hydrogen-bond donors (Lipinski definition) is 0. The zero-order chi connectivity index (χ0) is 17.6. The normalized spacial score (nSPS) is 27.0. The van der Waals surface area contributed by atoms with Crippen LogP contribution in [-0.4, -0.2) is 21.9 Å². The van der Waals surface area contributed by atoms with Crippen molar-refractivity contribution in [2.24, 2.45) is 17.3 Å². The van der Waals surface area contributed by atoms with Gasteiger partial charge in [-0.3, -0.25) is 20.2 Å². The van der Waals surface area contributed by atoms with Crippen LogP contribution in [0.5, 0.6) is 0 Å². The van der Waals surface area contributed by atoms with Gasteiger partial charge in [0.15, 0.2) is 0 Å². The van der Waals surface area contributed by atoms with Gasteiger partial charge < -0.3 is 4.74 Å². The highest BCUT2D eigenvalue weighted by Crippen LogP contribution is 2.59. The Kier molecular flexibility index (Phi) is 3.77. The molecule has 3 atom stereocenters. The second kappa shape index (κ2) is 5.54. The first-order chi connectivity index (χ1) is 11.2. The summed E-state index contributed by atoms with van der Waals surface area (Å²) >= 11 is 0. The fourth-order valence-electron chi connectivity index (χ4n) is 4.04. The highest BCUT2D eigenvalue weighted by Gasteiger charge is 2.55. The fraction of sp³-hybridized carbons (Fsp3) is 0.562. The highest BCUT2D eigenvalue weighted by atomic mass is 16.6. The molecule has 3 fully saturated rings. The maximum absolute atomic E-state index is 12.4. The molecule has 0 aliphatic heterocycles. The number of ether oxygens (including phenoxy) is 1. The summed E-state index contributed by atoms with van der Waals surface area (Å²) < 4.78 is 5.54. The van der Waals surface area contributed by atoms with Crippen molar-refractivity contribution in [2.75, 3.05) is 0 Å². The standard InChI is InChI=1S/C16H18N2O6/c1-16(2)9-3-6-14(12(16)7-9)24-15(19)11-5-4-10(17(20)21)8-13(11)18(22)23/h4-5,8-9,12,14H,3,6-7H2,1-2H3/t9-,12-,14-/m0/s1. The molecular weight excluding hydrogens is 316 g/mol. The number of nitro benzene ring substituents is 2. The van der Waals surface area contributed by atoms with Crippen molar-refractivity contribution in [1.29, 1.82) is 0 Å². The molecule has 0 unspecified atom stereocenters. The number of esters is 1. The molecule has 2 bridgehead atoms. The van der Waals surface area contributed by atoms with Crippen LogP contribution in [0.3, 0.4) is 0 Å². The van der Waals surface area contributed by atoms with Crippen molar-refractivity contribution in [1.82, 2.24) is 0 Å². The second-order valence-electron chi connectivity index (χ2n) is 7.10. The van der Waals surface area contributed by atoms with Crippen LogP contribution in [0.4, 0.5) is 11.4 Å². The minimum Gasteiger partial charge on any atom is -0.458 e. The van der Waals surface area contributed by atoms with Gasteiger partial charge in [0.2, 0.25) is 0 Å². The van der Waals surface area contributed by atoms with Crippen molar-refractivity contribution >= 4 is 17.3 Å². The molecule has 0 spiro atoms. The number of fused-ring (bicyclic) bond motifs is 2. The van der Waals surface area contributed by atoms with Crippen molar-refractivity contribution in [3.05, 3.63) is 44.0 Å². The molecular formula is C16H18N2O6. The smallest absolute Gasteiger partial charge is 0.345 e. The lowest BCUT2D eigenvalue weighted by Crippen LogP contribution is -2.55. The lowest BCUT2D eigenvalue weighted by atomic mass is 9.48. The number of benzene rings is 1. The monoisotopic (exact) mass is 334 g/mol. The summed E-state index contributed by atoms with van der Waals surface area (Å²) in [7, 11) is 0. The summed E-state index contributed by atoms with van der Waals surface area (Å²) in [5, 5.41) is 21.9. The number of nitrogens with zero attached hydrogens (tertiary/aromatic N) is 2. The summed E-state index contributed by atoms with van der Waals surface area (Å²) in [4.78, 5) is 32.8. The van der Waals surface area contributed by atoms with Gasteiger partial charge in [0.25, 0.3) is 11.4 Å². The van der Waals surface area contributed by atoms with E-state index in [2.05, 4.69) is 13.8 Å². The first kappa shape index (κ1) is 16.4. The molecule has 1 aromatic carbocycles. The first-order valence-electron chi connectivity index (χ1n) is 7.85. The molecule has 0 amide bonds. The predicted molar refractivity (Wildman–Crippen MR) is 83.6 cm³/mol. The maximum atomic E-state index is 12.4. The third-order valence-corrected chi connectivity index (χ3v) is 5.66. The van der Waals surface area contributed by atoms with E-state index in [9.17, 15) is 25.0 Å².